The fraction of sp³-hybridized carbons (Fsp3) is 0.200. The first-order valence-electron chi connectivity index (χ1n) is 6.53. The van der Waals surface area contributed by atoms with Crippen molar-refractivity contribution in [2.45, 2.75) is 17.9 Å². The Hall–Kier alpha value is -1.99. The van der Waals surface area contributed by atoms with Crippen molar-refractivity contribution < 1.29 is 22.3 Å². The zero-order valence-electron chi connectivity index (χ0n) is 11.8. The van der Waals surface area contributed by atoms with E-state index in [1.165, 1.54) is 19.1 Å². The van der Waals surface area contributed by atoms with Crippen molar-refractivity contribution in [3.63, 3.8) is 0 Å². The molecule has 118 valence electrons. The number of sulfonamides is 1. The number of nitrogens with zero attached hydrogens (tertiary/aromatic N) is 1. The molecule has 0 amide bonds. The molecule has 2 aromatic carbocycles. The lowest BCUT2D eigenvalue weighted by molar-refractivity contribution is 0.204. The molecule has 0 aliphatic heterocycles. The van der Waals surface area contributed by atoms with Crippen LogP contribution in [0.5, 0.6) is 0 Å². The third-order valence-electron chi connectivity index (χ3n) is 2.94. The van der Waals surface area contributed by atoms with Gasteiger partial charge in [-0.3, -0.25) is 4.31 Å². The highest BCUT2D eigenvalue weighted by Crippen LogP contribution is 2.26. The number of benzene rings is 2. The normalized spacial score (nSPS) is 12.9. The van der Waals surface area contributed by atoms with Crippen molar-refractivity contribution >= 4 is 15.7 Å². The van der Waals surface area contributed by atoms with Crippen LogP contribution < -0.4 is 4.31 Å². The van der Waals surface area contributed by atoms with Crippen LogP contribution in [-0.2, 0) is 10.0 Å². The van der Waals surface area contributed by atoms with E-state index in [4.69, 9.17) is 0 Å². The fourth-order valence-corrected chi connectivity index (χ4v) is 3.59. The van der Waals surface area contributed by atoms with Gasteiger partial charge in [0, 0.05) is 0 Å². The average Bonchev–Trinajstić information content (AvgIpc) is 2.47. The Morgan fingerprint density at radius 1 is 1.14 bits per heavy atom. The van der Waals surface area contributed by atoms with Crippen LogP contribution in [0, 0.1) is 11.6 Å². The number of aliphatic hydroxyl groups is 1. The first kappa shape index (κ1) is 16.4. The highest BCUT2D eigenvalue weighted by atomic mass is 32.2. The standard InChI is InChI=1S/C15H15F2NO3S/c1-11(19)10-18(13-5-3-2-4-6-13)22(20,21)15-9-12(16)7-8-14(15)17/h2-9,11,19H,10H2,1H3/t11-/m0/s1. The lowest BCUT2D eigenvalue weighted by atomic mass is 10.3. The minimum Gasteiger partial charge on any atom is -0.392 e. The van der Waals surface area contributed by atoms with Crippen LogP contribution >= 0.6 is 0 Å². The van der Waals surface area contributed by atoms with Gasteiger partial charge >= 0.3 is 0 Å². The van der Waals surface area contributed by atoms with Gasteiger partial charge in [-0.05, 0) is 37.3 Å². The van der Waals surface area contributed by atoms with Crippen LogP contribution in [0.2, 0.25) is 0 Å². The molecule has 7 heteroatoms. The molecule has 0 saturated heterocycles. The van der Waals surface area contributed by atoms with Gasteiger partial charge in [0.2, 0.25) is 0 Å². The first-order valence-corrected chi connectivity index (χ1v) is 7.97. The lowest BCUT2D eigenvalue weighted by Crippen LogP contribution is -2.37. The predicted molar refractivity (Wildman–Crippen MR) is 79.0 cm³/mol. The van der Waals surface area contributed by atoms with Gasteiger partial charge in [0.25, 0.3) is 10.0 Å². The van der Waals surface area contributed by atoms with Gasteiger partial charge in [0.15, 0.2) is 0 Å². The van der Waals surface area contributed by atoms with E-state index in [2.05, 4.69) is 0 Å². The number of para-hydroxylation sites is 1. The van der Waals surface area contributed by atoms with Gasteiger partial charge < -0.3 is 5.11 Å². The van der Waals surface area contributed by atoms with Crippen molar-refractivity contribution in [3.8, 4) is 0 Å². The van der Waals surface area contributed by atoms with Crippen LogP contribution in [0.1, 0.15) is 6.92 Å². The Bertz CT molecular complexity index is 749. The monoisotopic (exact) mass is 327 g/mol. The summed E-state index contributed by atoms with van der Waals surface area (Å²) in [5, 5.41) is 9.54. The Morgan fingerprint density at radius 2 is 1.77 bits per heavy atom. The lowest BCUT2D eigenvalue weighted by Gasteiger charge is -2.25. The van der Waals surface area contributed by atoms with E-state index in [0.29, 0.717) is 6.07 Å². The topological polar surface area (TPSA) is 57.6 Å². The van der Waals surface area contributed by atoms with Crippen molar-refractivity contribution in [3.05, 3.63) is 60.2 Å². The molecular weight excluding hydrogens is 312 g/mol. The number of aliphatic hydroxyl groups excluding tert-OH is 1. The zero-order chi connectivity index (χ0) is 16.3. The molecule has 0 bridgehead atoms. The van der Waals surface area contributed by atoms with E-state index in [1.54, 1.807) is 18.2 Å². The summed E-state index contributed by atoms with van der Waals surface area (Å²) in [6, 6.07) is 10.2. The summed E-state index contributed by atoms with van der Waals surface area (Å²) in [6.07, 6.45) is -0.980. The second-order valence-corrected chi connectivity index (χ2v) is 6.63. The molecule has 0 aromatic heterocycles. The van der Waals surface area contributed by atoms with E-state index in [-0.39, 0.29) is 12.2 Å². The zero-order valence-corrected chi connectivity index (χ0v) is 12.6. The van der Waals surface area contributed by atoms with Crippen molar-refractivity contribution in [2.75, 3.05) is 10.8 Å². The Morgan fingerprint density at radius 3 is 2.36 bits per heavy atom. The third kappa shape index (κ3) is 3.42. The van der Waals surface area contributed by atoms with E-state index in [9.17, 15) is 22.3 Å². The van der Waals surface area contributed by atoms with E-state index >= 15 is 0 Å². The number of halogens is 2. The highest BCUT2D eigenvalue weighted by Gasteiger charge is 2.29. The van der Waals surface area contributed by atoms with E-state index in [0.717, 1.165) is 16.4 Å². The maximum absolute atomic E-state index is 13.8. The Labute approximate surface area is 127 Å². The summed E-state index contributed by atoms with van der Waals surface area (Å²) in [6.45, 7) is 1.13. The predicted octanol–water partition coefficient (Wildman–Crippen LogP) is 2.54. The summed E-state index contributed by atoms with van der Waals surface area (Å²) in [4.78, 5) is -0.767. The molecule has 0 fully saturated rings. The van der Waals surface area contributed by atoms with E-state index in [1.807, 2.05) is 0 Å². The minimum absolute atomic E-state index is 0.257. The smallest absolute Gasteiger partial charge is 0.267 e. The van der Waals surface area contributed by atoms with Gasteiger partial charge in [-0.2, -0.15) is 0 Å². The molecule has 2 aromatic rings. The van der Waals surface area contributed by atoms with Crippen molar-refractivity contribution in [1.29, 1.82) is 0 Å². The first-order chi connectivity index (χ1) is 10.3. The van der Waals surface area contributed by atoms with Gasteiger partial charge in [0.05, 0.1) is 18.3 Å². The third-order valence-corrected chi connectivity index (χ3v) is 4.74. The van der Waals surface area contributed by atoms with Crippen molar-refractivity contribution in [1.82, 2.24) is 0 Å². The van der Waals surface area contributed by atoms with E-state index < -0.39 is 32.7 Å². The molecule has 0 heterocycles. The van der Waals surface area contributed by atoms with Gasteiger partial charge in [0.1, 0.15) is 16.5 Å². The van der Waals surface area contributed by atoms with Crippen LogP contribution in [0.3, 0.4) is 0 Å². The highest BCUT2D eigenvalue weighted by molar-refractivity contribution is 7.92. The molecule has 22 heavy (non-hydrogen) atoms. The molecule has 1 atom stereocenters. The van der Waals surface area contributed by atoms with Crippen LogP contribution in [0.25, 0.3) is 0 Å². The van der Waals surface area contributed by atoms with Gasteiger partial charge in [-0.15, -0.1) is 0 Å². The average molecular weight is 327 g/mol. The molecule has 0 aliphatic carbocycles. The summed E-state index contributed by atoms with van der Waals surface area (Å²) >= 11 is 0. The molecule has 1 N–H and O–H groups in total. The number of hydrogen-bond donors (Lipinski definition) is 1. The summed E-state index contributed by atoms with van der Waals surface area (Å²) in [7, 11) is -4.34. The van der Waals surface area contributed by atoms with Crippen LogP contribution in [0.15, 0.2) is 53.4 Å². The summed E-state index contributed by atoms with van der Waals surface area (Å²) < 4.78 is 53.3. The second kappa shape index (κ2) is 6.41. The van der Waals surface area contributed by atoms with Gasteiger partial charge in [-0.1, -0.05) is 18.2 Å². The molecule has 0 radical (unpaired) electrons. The van der Waals surface area contributed by atoms with Crippen LogP contribution in [0.4, 0.5) is 14.5 Å². The number of anilines is 1. The van der Waals surface area contributed by atoms with Crippen LogP contribution in [-0.4, -0.2) is 26.2 Å². The minimum atomic E-state index is -4.34. The Balaban J connectivity index is 2.57. The molecule has 0 saturated carbocycles. The number of rotatable bonds is 5. The number of hydrogen-bond acceptors (Lipinski definition) is 3. The largest absolute Gasteiger partial charge is 0.392 e. The molecule has 4 nitrogen and oxygen atoms in total. The molecular formula is C15H15F2NO3S. The quantitative estimate of drug-likeness (QED) is 0.918. The molecule has 0 spiro atoms. The van der Waals surface area contributed by atoms with Gasteiger partial charge in [-0.25, -0.2) is 17.2 Å². The Kier molecular flexibility index (Phi) is 4.77. The summed E-state index contributed by atoms with van der Waals surface area (Å²) in [5.41, 5.74) is 0.257. The fourth-order valence-electron chi connectivity index (χ4n) is 1.97. The second-order valence-electron chi connectivity index (χ2n) is 4.80. The molecule has 0 unspecified atom stereocenters. The molecule has 0 aliphatic rings. The maximum atomic E-state index is 13.8. The molecule has 2 rings (SSSR count). The maximum Gasteiger partial charge on any atom is 0.267 e. The summed E-state index contributed by atoms with van der Waals surface area (Å²) in [5.74, 6) is -1.90. The van der Waals surface area contributed by atoms with Crippen molar-refractivity contribution in [2.24, 2.45) is 0 Å². The SMILES string of the molecule is C[C@H](O)CN(c1ccccc1)S(=O)(=O)c1cc(F)ccc1F.